The lowest BCUT2D eigenvalue weighted by molar-refractivity contribution is -0.128. The Hall–Kier alpha value is -3.14. The Bertz CT molecular complexity index is 1320. The third-order valence-electron chi connectivity index (χ3n) is 6.37. The Balaban J connectivity index is 1.40. The Morgan fingerprint density at radius 3 is 2.24 bits per heavy atom. The van der Waals surface area contributed by atoms with E-state index in [1.807, 2.05) is 35.2 Å². The minimum absolute atomic E-state index is 0.0753. The molecular formula is C28H31N3O4S2. The number of nitrogens with one attached hydrogen (secondary N) is 1. The molecule has 7 nitrogen and oxygen atoms in total. The summed E-state index contributed by atoms with van der Waals surface area (Å²) in [6, 6.07) is 23.6. The monoisotopic (exact) mass is 537 g/mol. The van der Waals surface area contributed by atoms with Crippen molar-refractivity contribution in [2.24, 2.45) is 0 Å². The summed E-state index contributed by atoms with van der Waals surface area (Å²) in [6.45, 7) is 5.03. The molecule has 1 saturated heterocycles. The average Bonchev–Trinajstić information content (AvgIpc) is 3.29. The molecule has 1 heterocycles. The smallest absolute Gasteiger partial charge is 0.255 e. The van der Waals surface area contributed by atoms with Gasteiger partial charge in [-0.25, -0.2) is 8.42 Å². The van der Waals surface area contributed by atoms with E-state index in [1.54, 1.807) is 49.9 Å². The zero-order chi connectivity index (χ0) is 26.4. The topological polar surface area (TPSA) is 86.8 Å². The Labute approximate surface area is 222 Å². The Morgan fingerprint density at radius 2 is 1.62 bits per heavy atom. The van der Waals surface area contributed by atoms with Crippen LogP contribution in [0.5, 0.6) is 0 Å². The second kappa shape index (κ2) is 11.9. The number of rotatable bonds is 10. The molecule has 3 aromatic rings. The molecule has 37 heavy (non-hydrogen) atoms. The SMILES string of the molecule is CCN(CC)S(=O)(=O)c1ccc(NC(=O)c2ccc([C@H]3SCC(=O)N3CCc3ccccc3)cc2)cc1. The van der Waals surface area contributed by atoms with Crippen molar-refractivity contribution >= 4 is 39.3 Å². The highest BCUT2D eigenvalue weighted by Crippen LogP contribution is 2.38. The number of carbonyl (C=O) groups excluding carboxylic acids is 2. The fourth-order valence-corrected chi connectivity index (χ4v) is 6.97. The van der Waals surface area contributed by atoms with Crippen molar-refractivity contribution in [2.75, 3.05) is 30.7 Å². The molecule has 0 unspecified atom stereocenters. The first kappa shape index (κ1) is 26.9. The van der Waals surface area contributed by atoms with E-state index in [2.05, 4.69) is 17.4 Å². The highest BCUT2D eigenvalue weighted by atomic mass is 32.2. The first-order valence-corrected chi connectivity index (χ1v) is 14.8. The molecule has 1 aliphatic heterocycles. The number of anilines is 1. The Kier molecular flexibility index (Phi) is 8.68. The summed E-state index contributed by atoms with van der Waals surface area (Å²) in [5.41, 5.74) is 3.16. The molecule has 1 atom stereocenters. The zero-order valence-corrected chi connectivity index (χ0v) is 22.6. The van der Waals surface area contributed by atoms with Gasteiger partial charge in [0.05, 0.1) is 10.6 Å². The maximum absolute atomic E-state index is 12.8. The van der Waals surface area contributed by atoms with Gasteiger partial charge in [-0.05, 0) is 53.9 Å². The number of sulfonamides is 1. The van der Waals surface area contributed by atoms with Gasteiger partial charge in [0.1, 0.15) is 5.37 Å². The molecule has 1 aliphatic rings. The van der Waals surface area contributed by atoms with Gasteiger partial charge in [0.2, 0.25) is 15.9 Å². The average molecular weight is 538 g/mol. The van der Waals surface area contributed by atoms with Crippen LogP contribution in [0.4, 0.5) is 5.69 Å². The first-order chi connectivity index (χ1) is 17.8. The summed E-state index contributed by atoms with van der Waals surface area (Å²) in [4.78, 5) is 27.4. The molecule has 0 aliphatic carbocycles. The molecule has 4 rings (SSSR count). The summed E-state index contributed by atoms with van der Waals surface area (Å²) >= 11 is 1.60. The first-order valence-electron chi connectivity index (χ1n) is 12.3. The van der Waals surface area contributed by atoms with Crippen molar-refractivity contribution in [3.63, 3.8) is 0 Å². The minimum atomic E-state index is -3.55. The van der Waals surface area contributed by atoms with Gasteiger partial charge in [-0.2, -0.15) is 4.31 Å². The molecule has 0 bridgehead atoms. The summed E-state index contributed by atoms with van der Waals surface area (Å²) in [7, 11) is -3.55. The van der Waals surface area contributed by atoms with Gasteiger partial charge in [-0.1, -0.05) is 56.3 Å². The summed E-state index contributed by atoms with van der Waals surface area (Å²) in [5.74, 6) is 0.281. The van der Waals surface area contributed by atoms with Crippen molar-refractivity contribution < 1.29 is 18.0 Å². The van der Waals surface area contributed by atoms with E-state index in [-0.39, 0.29) is 22.1 Å². The summed E-state index contributed by atoms with van der Waals surface area (Å²) < 4.78 is 26.7. The van der Waals surface area contributed by atoms with Crippen molar-refractivity contribution in [1.29, 1.82) is 0 Å². The molecule has 0 radical (unpaired) electrons. The molecule has 1 N–H and O–H groups in total. The molecule has 194 valence electrons. The molecule has 1 fully saturated rings. The number of hydrogen-bond donors (Lipinski definition) is 1. The van der Waals surface area contributed by atoms with Crippen LogP contribution >= 0.6 is 11.8 Å². The molecule has 0 saturated carbocycles. The van der Waals surface area contributed by atoms with E-state index < -0.39 is 10.0 Å². The van der Waals surface area contributed by atoms with Gasteiger partial charge in [-0.15, -0.1) is 11.8 Å². The highest BCUT2D eigenvalue weighted by molar-refractivity contribution is 8.00. The summed E-state index contributed by atoms with van der Waals surface area (Å²) in [5, 5.41) is 2.74. The van der Waals surface area contributed by atoms with Crippen LogP contribution in [0.25, 0.3) is 0 Å². The van der Waals surface area contributed by atoms with Crippen LogP contribution in [-0.4, -0.2) is 54.8 Å². The van der Waals surface area contributed by atoms with Gasteiger partial charge in [0.25, 0.3) is 5.91 Å². The van der Waals surface area contributed by atoms with E-state index >= 15 is 0 Å². The standard InChI is InChI=1S/C28H31N3O4S2/c1-3-30(4-2)37(34,35)25-16-14-24(15-17-25)29-27(33)22-10-12-23(13-11-22)28-31(26(32)20-36-28)19-18-21-8-6-5-7-9-21/h5-17,28H,3-4,18-20H2,1-2H3,(H,29,33)/t28-/m1/s1. The van der Waals surface area contributed by atoms with Crippen LogP contribution < -0.4 is 5.32 Å². The van der Waals surface area contributed by atoms with Crippen molar-refractivity contribution in [1.82, 2.24) is 9.21 Å². The second-order valence-electron chi connectivity index (χ2n) is 8.68. The number of amides is 2. The molecule has 9 heteroatoms. The van der Waals surface area contributed by atoms with Gasteiger partial charge in [0, 0.05) is 30.9 Å². The van der Waals surface area contributed by atoms with Crippen molar-refractivity contribution in [2.45, 2.75) is 30.5 Å². The molecule has 0 spiro atoms. The fraction of sp³-hybridized carbons (Fsp3) is 0.286. The maximum Gasteiger partial charge on any atom is 0.255 e. The van der Waals surface area contributed by atoms with Crippen LogP contribution in [0.3, 0.4) is 0 Å². The lowest BCUT2D eigenvalue weighted by Gasteiger charge is -2.24. The predicted molar refractivity (Wildman–Crippen MR) is 148 cm³/mol. The molecule has 0 aromatic heterocycles. The van der Waals surface area contributed by atoms with E-state index in [1.165, 1.54) is 22.0 Å². The molecule has 3 aromatic carbocycles. The second-order valence-corrected chi connectivity index (χ2v) is 11.7. The molecule has 2 amide bonds. The van der Waals surface area contributed by atoms with Gasteiger partial charge < -0.3 is 10.2 Å². The number of hydrogen-bond acceptors (Lipinski definition) is 5. The number of nitrogens with zero attached hydrogens (tertiary/aromatic N) is 2. The normalized spacial score (nSPS) is 15.8. The third-order valence-corrected chi connectivity index (χ3v) is 9.69. The Morgan fingerprint density at radius 1 is 0.973 bits per heavy atom. The van der Waals surface area contributed by atoms with Gasteiger partial charge >= 0.3 is 0 Å². The van der Waals surface area contributed by atoms with E-state index in [9.17, 15) is 18.0 Å². The zero-order valence-electron chi connectivity index (χ0n) is 21.0. The van der Waals surface area contributed by atoms with Crippen molar-refractivity contribution in [3.8, 4) is 0 Å². The van der Waals surface area contributed by atoms with Crippen LogP contribution in [0.2, 0.25) is 0 Å². The number of thioether (sulfide) groups is 1. The lowest BCUT2D eigenvalue weighted by Crippen LogP contribution is -2.30. The van der Waals surface area contributed by atoms with Crippen LogP contribution in [0, 0.1) is 0 Å². The summed E-state index contributed by atoms with van der Waals surface area (Å²) in [6.07, 6.45) is 0.791. The van der Waals surface area contributed by atoms with Crippen LogP contribution in [0.15, 0.2) is 83.8 Å². The highest BCUT2D eigenvalue weighted by Gasteiger charge is 2.32. The number of carbonyl (C=O) groups is 2. The van der Waals surface area contributed by atoms with Crippen molar-refractivity contribution in [3.05, 3.63) is 95.6 Å². The maximum atomic E-state index is 12.8. The quantitative estimate of drug-likeness (QED) is 0.402. The largest absolute Gasteiger partial charge is 0.326 e. The van der Waals surface area contributed by atoms with E-state index in [0.717, 1.165) is 12.0 Å². The lowest BCUT2D eigenvalue weighted by atomic mass is 10.1. The molecular weight excluding hydrogens is 506 g/mol. The van der Waals surface area contributed by atoms with Crippen LogP contribution in [-0.2, 0) is 21.2 Å². The fourth-order valence-electron chi connectivity index (χ4n) is 4.29. The minimum Gasteiger partial charge on any atom is -0.326 e. The predicted octanol–water partition coefficient (Wildman–Crippen LogP) is 4.79. The third kappa shape index (κ3) is 6.23. The van der Waals surface area contributed by atoms with Gasteiger partial charge in [0.15, 0.2) is 0 Å². The number of benzene rings is 3. The van der Waals surface area contributed by atoms with Crippen LogP contribution in [0.1, 0.15) is 40.7 Å². The van der Waals surface area contributed by atoms with E-state index in [4.69, 9.17) is 0 Å². The van der Waals surface area contributed by atoms with E-state index in [0.29, 0.717) is 36.6 Å². The van der Waals surface area contributed by atoms with Gasteiger partial charge in [-0.3, -0.25) is 9.59 Å².